The van der Waals surface area contributed by atoms with E-state index in [4.69, 9.17) is 18.0 Å². The Bertz CT molecular complexity index is 497. The van der Waals surface area contributed by atoms with Gasteiger partial charge in [-0.05, 0) is 37.1 Å². The molecule has 1 aliphatic rings. The summed E-state index contributed by atoms with van der Waals surface area (Å²) in [7, 11) is 0. The van der Waals surface area contributed by atoms with E-state index in [-0.39, 0.29) is 0 Å². The lowest BCUT2D eigenvalue weighted by atomic mass is 10.0. The molecule has 0 saturated carbocycles. The minimum absolute atomic E-state index is 0.416. The summed E-state index contributed by atoms with van der Waals surface area (Å²) in [5, 5.41) is 0. The van der Waals surface area contributed by atoms with Gasteiger partial charge in [-0.25, -0.2) is 0 Å². The van der Waals surface area contributed by atoms with Crippen LogP contribution in [0.25, 0.3) is 0 Å². The second-order valence-corrected chi connectivity index (χ2v) is 8.38. The Balaban J connectivity index is 2.05. The molecule has 0 bridgehead atoms. The van der Waals surface area contributed by atoms with Gasteiger partial charge in [0, 0.05) is 29.2 Å². The first-order valence-corrected chi connectivity index (χ1v) is 8.52. The van der Waals surface area contributed by atoms with E-state index in [0.29, 0.717) is 9.74 Å². The number of hydrogen-bond acceptors (Lipinski definition) is 3. The lowest BCUT2D eigenvalue weighted by Gasteiger charge is -2.23. The molecule has 0 unspecified atom stereocenters. The van der Waals surface area contributed by atoms with Gasteiger partial charge in [0.1, 0.15) is 4.99 Å². The molecule has 1 fully saturated rings. The molecule has 2 N–H and O–H groups in total. The Morgan fingerprint density at radius 1 is 1.40 bits per heavy atom. The van der Waals surface area contributed by atoms with Gasteiger partial charge in [0.15, 0.2) is 0 Å². The number of nitrogens with zero attached hydrogens (tertiary/aromatic N) is 1. The fraction of sp³-hybridized carbons (Fsp3) is 0.562. The molecule has 1 saturated heterocycles. The molecule has 1 aliphatic heterocycles. The summed E-state index contributed by atoms with van der Waals surface area (Å²) < 4.78 is 0.416. The Morgan fingerprint density at radius 3 is 2.80 bits per heavy atom. The normalized spacial score (nSPS) is 19.6. The van der Waals surface area contributed by atoms with E-state index in [2.05, 4.69) is 49.6 Å². The second kappa shape index (κ2) is 6.46. The van der Waals surface area contributed by atoms with E-state index >= 15 is 0 Å². The Hall–Kier alpha value is -0.580. The molecule has 0 amide bonds. The topological polar surface area (TPSA) is 29.3 Å². The van der Waals surface area contributed by atoms with Crippen LogP contribution in [-0.4, -0.2) is 33.5 Å². The Kier molecular flexibility index (Phi) is 5.10. The van der Waals surface area contributed by atoms with Crippen molar-refractivity contribution in [3.05, 3.63) is 34.9 Å². The number of thioether (sulfide) groups is 1. The first-order chi connectivity index (χ1) is 9.37. The van der Waals surface area contributed by atoms with Crippen molar-refractivity contribution in [3.8, 4) is 0 Å². The highest BCUT2D eigenvalue weighted by atomic mass is 32.2. The fourth-order valence-electron chi connectivity index (χ4n) is 2.49. The van der Waals surface area contributed by atoms with Crippen molar-refractivity contribution in [1.82, 2.24) is 4.90 Å². The molecular formula is C16H24N2S2. The van der Waals surface area contributed by atoms with Crippen molar-refractivity contribution in [2.45, 2.75) is 38.5 Å². The van der Waals surface area contributed by atoms with E-state index in [9.17, 15) is 0 Å². The van der Waals surface area contributed by atoms with Crippen LogP contribution in [0.2, 0.25) is 0 Å². The van der Waals surface area contributed by atoms with Gasteiger partial charge >= 0.3 is 0 Å². The third kappa shape index (κ3) is 4.21. The van der Waals surface area contributed by atoms with Gasteiger partial charge in [-0.2, -0.15) is 11.8 Å². The number of aryl methyl sites for hydroxylation is 1. The number of nitrogens with two attached hydrogens (primary N) is 1. The molecule has 1 aromatic carbocycles. The van der Waals surface area contributed by atoms with Crippen LogP contribution >= 0.6 is 24.0 Å². The molecule has 0 atom stereocenters. The van der Waals surface area contributed by atoms with E-state index in [0.717, 1.165) is 12.1 Å². The van der Waals surface area contributed by atoms with Crippen LogP contribution < -0.4 is 5.73 Å². The lowest BCUT2D eigenvalue weighted by molar-refractivity contribution is 0.276. The van der Waals surface area contributed by atoms with Crippen LogP contribution in [-0.2, 0) is 6.54 Å². The SMILES string of the molecule is Cc1cc(C(N)=S)ccc1CN1CCSC(C)(C)CC1. The summed E-state index contributed by atoms with van der Waals surface area (Å²) in [5.41, 5.74) is 9.32. The molecule has 0 aromatic heterocycles. The molecule has 1 heterocycles. The zero-order valence-corrected chi connectivity index (χ0v) is 14.2. The third-order valence-corrected chi connectivity index (χ3v) is 5.56. The fourth-order valence-corrected chi connectivity index (χ4v) is 3.75. The monoisotopic (exact) mass is 308 g/mol. The maximum atomic E-state index is 5.69. The molecule has 0 radical (unpaired) electrons. The highest BCUT2D eigenvalue weighted by Crippen LogP contribution is 2.31. The van der Waals surface area contributed by atoms with Crippen molar-refractivity contribution >= 4 is 29.0 Å². The number of thiocarbonyl (C=S) groups is 1. The highest BCUT2D eigenvalue weighted by Gasteiger charge is 2.23. The average Bonchev–Trinajstić information content (AvgIpc) is 2.53. The smallest absolute Gasteiger partial charge is 0.103 e. The predicted molar refractivity (Wildman–Crippen MR) is 93.5 cm³/mol. The maximum absolute atomic E-state index is 5.69. The van der Waals surface area contributed by atoms with Gasteiger partial charge in [-0.1, -0.05) is 38.2 Å². The summed E-state index contributed by atoms with van der Waals surface area (Å²) in [6.07, 6.45) is 1.25. The molecular weight excluding hydrogens is 284 g/mol. The van der Waals surface area contributed by atoms with Crippen LogP contribution in [0.3, 0.4) is 0 Å². The van der Waals surface area contributed by atoms with E-state index < -0.39 is 0 Å². The molecule has 2 rings (SSSR count). The number of hydrogen-bond donors (Lipinski definition) is 1. The van der Waals surface area contributed by atoms with Crippen molar-refractivity contribution in [2.75, 3.05) is 18.8 Å². The number of rotatable bonds is 3. The molecule has 4 heteroatoms. The largest absolute Gasteiger partial charge is 0.389 e. The van der Waals surface area contributed by atoms with Crippen LogP contribution in [0, 0.1) is 6.92 Å². The molecule has 2 nitrogen and oxygen atoms in total. The summed E-state index contributed by atoms with van der Waals surface area (Å²) in [5.74, 6) is 1.22. The standard InChI is InChI=1S/C16H24N2S2/c1-12-10-13(15(17)19)4-5-14(12)11-18-7-6-16(2,3)20-9-8-18/h4-5,10H,6-9,11H2,1-3H3,(H2,17,19). The molecule has 20 heavy (non-hydrogen) atoms. The Morgan fingerprint density at radius 2 is 2.15 bits per heavy atom. The zero-order valence-electron chi connectivity index (χ0n) is 12.6. The molecule has 0 aliphatic carbocycles. The summed E-state index contributed by atoms with van der Waals surface area (Å²) in [6, 6.07) is 6.32. The molecule has 0 spiro atoms. The molecule has 110 valence electrons. The van der Waals surface area contributed by atoms with Crippen LogP contribution in [0.1, 0.15) is 37.0 Å². The van der Waals surface area contributed by atoms with Crippen LogP contribution in [0.15, 0.2) is 18.2 Å². The van der Waals surface area contributed by atoms with E-state index in [1.807, 2.05) is 6.07 Å². The highest BCUT2D eigenvalue weighted by molar-refractivity contribution is 8.00. The average molecular weight is 309 g/mol. The summed E-state index contributed by atoms with van der Waals surface area (Å²) in [4.78, 5) is 3.04. The van der Waals surface area contributed by atoms with Crippen molar-refractivity contribution in [3.63, 3.8) is 0 Å². The van der Waals surface area contributed by atoms with Gasteiger partial charge in [0.05, 0.1) is 0 Å². The summed E-state index contributed by atoms with van der Waals surface area (Å²) >= 11 is 7.12. The third-order valence-electron chi connectivity index (χ3n) is 3.95. The van der Waals surface area contributed by atoms with Crippen molar-refractivity contribution in [2.24, 2.45) is 5.73 Å². The van der Waals surface area contributed by atoms with Gasteiger partial charge in [-0.3, -0.25) is 4.90 Å². The lowest BCUT2D eigenvalue weighted by Crippen LogP contribution is -2.27. The first-order valence-electron chi connectivity index (χ1n) is 7.13. The summed E-state index contributed by atoms with van der Waals surface area (Å²) in [6.45, 7) is 10.2. The molecule has 1 aromatic rings. The van der Waals surface area contributed by atoms with Crippen molar-refractivity contribution in [1.29, 1.82) is 0 Å². The first kappa shape index (κ1) is 15.8. The Labute approximate surface area is 132 Å². The minimum Gasteiger partial charge on any atom is -0.389 e. The quantitative estimate of drug-likeness (QED) is 0.867. The van der Waals surface area contributed by atoms with Gasteiger partial charge in [0.25, 0.3) is 0 Å². The van der Waals surface area contributed by atoms with Crippen LogP contribution in [0.4, 0.5) is 0 Å². The van der Waals surface area contributed by atoms with Crippen molar-refractivity contribution < 1.29 is 0 Å². The van der Waals surface area contributed by atoms with Gasteiger partial charge in [0.2, 0.25) is 0 Å². The predicted octanol–water partition coefficient (Wildman–Crippen LogP) is 3.35. The second-order valence-electron chi connectivity index (χ2n) is 6.14. The maximum Gasteiger partial charge on any atom is 0.103 e. The number of benzene rings is 1. The van der Waals surface area contributed by atoms with Gasteiger partial charge in [-0.15, -0.1) is 0 Å². The van der Waals surface area contributed by atoms with Crippen LogP contribution in [0.5, 0.6) is 0 Å². The van der Waals surface area contributed by atoms with E-state index in [1.54, 1.807) is 0 Å². The zero-order chi connectivity index (χ0) is 14.8. The minimum atomic E-state index is 0.416. The van der Waals surface area contributed by atoms with Gasteiger partial charge < -0.3 is 5.73 Å². The van der Waals surface area contributed by atoms with E-state index in [1.165, 1.54) is 36.4 Å².